The Morgan fingerprint density at radius 1 is 0.538 bits per heavy atom. The van der Waals surface area contributed by atoms with Crippen molar-refractivity contribution in [1.29, 1.82) is 0 Å². The number of hydrogen-bond donors (Lipinski definition) is 2. The van der Waals surface area contributed by atoms with Gasteiger partial charge in [-0.15, -0.1) is 0 Å². The average Bonchev–Trinajstić information content (AvgIpc) is 3.32. The van der Waals surface area contributed by atoms with Gasteiger partial charge in [-0.2, -0.15) is 0 Å². The predicted octanol–water partition coefficient (Wildman–Crippen LogP) is 6.62. The van der Waals surface area contributed by atoms with Crippen molar-refractivity contribution in [2.24, 2.45) is 0 Å². The summed E-state index contributed by atoms with van der Waals surface area (Å²) in [5.74, 6) is 0. The SMILES string of the molecule is c1ccc2c(c1)ccc1cc(-c3c[nH]c4c3ccc3ccccc34)[nH]c12. The van der Waals surface area contributed by atoms with Crippen molar-refractivity contribution < 1.29 is 0 Å². The first kappa shape index (κ1) is 13.7. The molecule has 6 rings (SSSR count). The molecule has 2 heteroatoms. The number of nitrogens with one attached hydrogen (secondary N) is 2. The molecule has 0 bridgehead atoms. The first-order valence-corrected chi connectivity index (χ1v) is 8.88. The van der Waals surface area contributed by atoms with Crippen molar-refractivity contribution in [3.05, 3.63) is 85.1 Å². The largest absolute Gasteiger partial charge is 0.360 e. The van der Waals surface area contributed by atoms with Crippen LogP contribution in [0.15, 0.2) is 85.1 Å². The number of H-pyrrole nitrogens is 2. The minimum Gasteiger partial charge on any atom is -0.360 e. The highest BCUT2D eigenvalue weighted by Crippen LogP contribution is 2.35. The van der Waals surface area contributed by atoms with Gasteiger partial charge in [0.05, 0.1) is 11.0 Å². The monoisotopic (exact) mass is 332 g/mol. The molecule has 0 saturated carbocycles. The summed E-state index contributed by atoms with van der Waals surface area (Å²) in [5, 5.41) is 7.54. The Morgan fingerprint density at radius 2 is 1.19 bits per heavy atom. The first-order valence-electron chi connectivity index (χ1n) is 8.88. The maximum atomic E-state index is 3.66. The lowest BCUT2D eigenvalue weighted by Crippen LogP contribution is -1.77. The lowest BCUT2D eigenvalue weighted by molar-refractivity contribution is 1.44. The zero-order chi connectivity index (χ0) is 17.1. The summed E-state index contributed by atoms with van der Waals surface area (Å²) in [6.07, 6.45) is 2.12. The van der Waals surface area contributed by atoms with E-state index in [0.717, 1.165) is 5.69 Å². The van der Waals surface area contributed by atoms with Gasteiger partial charge in [-0.05, 0) is 16.8 Å². The van der Waals surface area contributed by atoms with Gasteiger partial charge in [-0.3, -0.25) is 0 Å². The maximum Gasteiger partial charge on any atom is 0.0540 e. The van der Waals surface area contributed by atoms with Gasteiger partial charge in [-0.25, -0.2) is 0 Å². The van der Waals surface area contributed by atoms with Crippen LogP contribution >= 0.6 is 0 Å². The van der Waals surface area contributed by atoms with Gasteiger partial charge >= 0.3 is 0 Å². The van der Waals surface area contributed by atoms with E-state index in [-0.39, 0.29) is 0 Å². The molecule has 0 spiro atoms. The van der Waals surface area contributed by atoms with Gasteiger partial charge in [0.25, 0.3) is 0 Å². The van der Waals surface area contributed by atoms with Crippen LogP contribution in [0.3, 0.4) is 0 Å². The van der Waals surface area contributed by atoms with Gasteiger partial charge in [0.1, 0.15) is 0 Å². The predicted molar refractivity (Wildman–Crippen MR) is 111 cm³/mol. The summed E-state index contributed by atoms with van der Waals surface area (Å²) in [7, 11) is 0. The Bertz CT molecular complexity index is 1430. The standard InChI is InChI=1S/C24H16N2/c1-3-7-18-15(5-1)9-10-17-13-22(26-23(17)18)21-14-25-24-19-8-4-2-6-16(19)11-12-20(21)24/h1-14,25-26H. The Hall–Kier alpha value is -3.52. The van der Waals surface area contributed by atoms with E-state index in [2.05, 4.69) is 95.0 Å². The number of fused-ring (bicyclic) bond motifs is 6. The Kier molecular flexibility index (Phi) is 2.64. The minimum absolute atomic E-state index is 1.15. The molecule has 2 N–H and O–H groups in total. The molecule has 0 aliphatic heterocycles. The highest BCUT2D eigenvalue weighted by Gasteiger charge is 2.12. The van der Waals surface area contributed by atoms with E-state index in [0.29, 0.717) is 0 Å². The molecule has 6 aromatic rings. The highest BCUT2D eigenvalue weighted by atomic mass is 14.7. The second-order valence-electron chi connectivity index (χ2n) is 6.85. The Morgan fingerprint density at radius 3 is 2.00 bits per heavy atom. The number of aromatic nitrogens is 2. The van der Waals surface area contributed by atoms with Crippen molar-refractivity contribution in [2.45, 2.75) is 0 Å². The van der Waals surface area contributed by atoms with Crippen LogP contribution in [0, 0.1) is 0 Å². The third-order valence-corrected chi connectivity index (χ3v) is 5.39. The summed E-state index contributed by atoms with van der Waals surface area (Å²) in [6.45, 7) is 0. The van der Waals surface area contributed by atoms with Gasteiger partial charge in [0.2, 0.25) is 0 Å². The second kappa shape index (κ2) is 4.99. The zero-order valence-corrected chi connectivity index (χ0v) is 14.1. The van der Waals surface area contributed by atoms with Crippen LogP contribution in [0.5, 0.6) is 0 Å². The molecule has 0 aliphatic carbocycles. The molecule has 2 heterocycles. The summed E-state index contributed by atoms with van der Waals surface area (Å²) in [5.41, 5.74) is 4.76. The van der Waals surface area contributed by atoms with Crippen molar-refractivity contribution in [2.75, 3.05) is 0 Å². The van der Waals surface area contributed by atoms with Crippen LogP contribution in [0.4, 0.5) is 0 Å². The fourth-order valence-electron chi connectivity index (χ4n) is 4.12. The Balaban J connectivity index is 1.65. The molecular weight excluding hydrogens is 316 g/mol. The molecule has 122 valence electrons. The maximum absolute atomic E-state index is 3.66. The van der Waals surface area contributed by atoms with E-state index in [1.54, 1.807) is 0 Å². The first-order chi connectivity index (χ1) is 12.9. The second-order valence-corrected chi connectivity index (χ2v) is 6.85. The van der Waals surface area contributed by atoms with E-state index in [4.69, 9.17) is 0 Å². The molecule has 0 radical (unpaired) electrons. The molecule has 0 amide bonds. The van der Waals surface area contributed by atoms with Crippen molar-refractivity contribution in [3.63, 3.8) is 0 Å². The van der Waals surface area contributed by atoms with E-state index in [9.17, 15) is 0 Å². The van der Waals surface area contributed by atoms with Gasteiger partial charge < -0.3 is 9.97 Å². The van der Waals surface area contributed by atoms with Gasteiger partial charge in [0.15, 0.2) is 0 Å². The van der Waals surface area contributed by atoms with Crippen molar-refractivity contribution in [1.82, 2.24) is 9.97 Å². The van der Waals surface area contributed by atoms with Crippen LogP contribution in [0.25, 0.3) is 54.6 Å². The fourth-order valence-corrected chi connectivity index (χ4v) is 4.12. The van der Waals surface area contributed by atoms with Crippen LogP contribution in [-0.2, 0) is 0 Å². The number of hydrogen-bond acceptors (Lipinski definition) is 0. The fraction of sp³-hybridized carbons (Fsp3) is 0. The number of benzene rings is 4. The number of aromatic amines is 2. The third-order valence-electron chi connectivity index (χ3n) is 5.39. The van der Waals surface area contributed by atoms with E-state index in [1.165, 1.54) is 48.9 Å². The van der Waals surface area contributed by atoms with Crippen LogP contribution in [0.1, 0.15) is 0 Å². The normalized spacial score (nSPS) is 11.8. The van der Waals surface area contributed by atoms with Gasteiger partial charge in [-0.1, -0.05) is 72.8 Å². The Labute approximate surface area is 150 Å². The summed E-state index contributed by atoms with van der Waals surface area (Å²) < 4.78 is 0. The molecule has 2 aromatic heterocycles. The molecule has 26 heavy (non-hydrogen) atoms. The summed E-state index contributed by atoms with van der Waals surface area (Å²) in [4.78, 5) is 7.15. The molecular formula is C24H16N2. The molecule has 0 unspecified atom stereocenters. The van der Waals surface area contributed by atoms with Crippen LogP contribution in [0.2, 0.25) is 0 Å². The van der Waals surface area contributed by atoms with E-state index >= 15 is 0 Å². The molecule has 0 aliphatic rings. The summed E-state index contributed by atoms with van der Waals surface area (Å²) in [6, 6.07) is 28.1. The third kappa shape index (κ3) is 1.81. The highest BCUT2D eigenvalue weighted by molar-refractivity contribution is 6.12. The molecule has 0 fully saturated rings. The van der Waals surface area contributed by atoms with Crippen molar-refractivity contribution in [3.8, 4) is 11.3 Å². The topological polar surface area (TPSA) is 31.6 Å². The van der Waals surface area contributed by atoms with Crippen LogP contribution in [-0.4, -0.2) is 9.97 Å². The van der Waals surface area contributed by atoms with Crippen LogP contribution < -0.4 is 0 Å². The molecule has 2 nitrogen and oxygen atoms in total. The molecule has 4 aromatic carbocycles. The molecule has 0 saturated heterocycles. The van der Waals surface area contributed by atoms with Crippen molar-refractivity contribution >= 4 is 43.4 Å². The average molecular weight is 332 g/mol. The van der Waals surface area contributed by atoms with E-state index in [1.807, 2.05) is 0 Å². The van der Waals surface area contributed by atoms with Gasteiger partial charge in [0, 0.05) is 39.0 Å². The summed E-state index contributed by atoms with van der Waals surface area (Å²) >= 11 is 0. The lowest BCUT2D eigenvalue weighted by Gasteiger charge is -2.01. The quantitative estimate of drug-likeness (QED) is 0.339. The van der Waals surface area contributed by atoms with E-state index < -0.39 is 0 Å². The lowest BCUT2D eigenvalue weighted by atomic mass is 10.0. The smallest absolute Gasteiger partial charge is 0.0540 e. The number of rotatable bonds is 1. The minimum atomic E-state index is 1.15. The molecule has 0 atom stereocenters. The zero-order valence-electron chi connectivity index (χ0n) is 14.1.